The Morgan fingerprint density at radius 3 is 2.65 bits per heavy atom. The van der Waals surface area contributed by atoms with Gasteiger partial charge >= 0.3 is 0 Å². The fourth-order valence-electron chi connectivity index (χ4n) is 1.53. The lowest BCUT2D eigenvalue weighted by Crippen LogP contribution is -2.10. The van der Waals surface area contributed by atoms with Crippen molar-refractivity contribution >= 4 is 23.7 Å². The molecule has 0 saturated heterocycles. The van der Waals surface area contributed by atoms with E-state index in [-0.39, 0.29) is 24.2 Å². The maximum atomic E-state index is 9.84. The Morgan fingerprint density at radius 1 is 1.35 bits per heavy atom. The lowest BCUT2D eigenvalue weighted by molar-refractivity contribution is 0.406. The molecule has 0 spiro atoms. The maximum Gasteiger partial charge on any atom is 0.124 e. The monoisotopic (exact) mass is 271 g/mol. The minimum atomic E-state index is -0.286. The summed E-state index contributed by atoms with van der Waals surface area (Å²) in [6.45, 7) is 0. The summed E-state index contributed by atoms with van der Waals surface area (Å²) in [5.41, 5.74) is 6.77. The highest BCUT2D eigenvalue weighted by Crippen LogP contribution is 2.32. The molecule has 0 aliphatic rings. The second kappa shape index (κ2) is 5.91. The third-order valence-corrected chi connectivity index (χ3v) is 3.38. The van der Waals surface area contributed by atoms with Gasteiger partial charge in [0.25, 0.3) is 0 Å². The summed E-state index contributed by atoms with van der Waals surface area (Å²) in [6, 6.07) is 8.77. The summed E-state index contributed by atoms with van der Waals surface area (Å²) in [6.07, 6.45) is 0. The fourth-order valence-corrected chi connectivity index (χ4v) is 2.28. The molecule has 1 heterocycles. The molecule has 92 valence electrons. The first-order valence-electron chi connectivity index (χ1n) is 4.88. The van der Waals surface area contributed by atoms with Crippen molar-refractivity contribution in [2.75, 3.05) is 7.11 Å². The van der Waals surface area contributed by atoms with Crippen molar-refractivity contribution < 1.29 is 9.84 Å². The van der Waals surface area contributed by atoms with Crippen LogP contribution in [0.25, 0.3) is 0 Å². The normalized spacial score (nSPS) is 11.6. The zero-order valence-corrected chi connectivity index (χ0v) is 10.9. The van der Waals surface area contributed by atoms with Crippen molar-refractivity contribution in [1.29, 1.82) is 0 Å². The van der Waals surface area contributed by atoms with Crippen LogP contribution < -0.4 is 10.5 Å². The number of halogens is 1. The van der Waals surface area contributed by atoms with Crippen molar-refractivity contribution in [1.82, 2.24) is 0 Å². The van der Waals surface area contributed by atoms with Crippen molar-refractivity contribution in [3.8, 4) is 11.5 Å². The number of ether oxygens (including phenoxy) is 1. The Labute approximate surface area is 110 Å². The molecule has 0 amide bonds. The van der Waals surface area contributed by atoms with E-state index in [9.17, 15) is 5.11 Å². The predicted octanol–water partition coefficient (Wildman–Crippen LogP) is 2.93. The van der Waals surface area contributed by atoms with Crippen LogP contribution in [0.1, 0.15) is 16.5 Å². The molecule has 0 aliphatic carbocycles. The Morgan fingerprint density at radius 2 is 2.12 bits per heavy atom. The Bertz CT molecular complexity index is 473. The number of thiophene rings is 1. The van der Waals surface area contributed by atoms with Crippen LogP contribution in [0.3, 0.4) is 0 Å². The minimum Gasteiger partial charge on any atom is -0.507 e. The SMILES string of the molecule is COc1ccc([C@H](N)c2cccs2)c(O)c1.Cl. The number of nitrogens with two attached hydrogens (primary N) is 1. The van der Waals surface area contributed by atoms with Crippen molar-refractivity contribution in [2.45, 2.75) is 6.04 Å². The van der Waals surface area contributed by atoms with Gasteiger partial charge in [0.2, 0.25) is 0 Å². The van der Waals surface area contributed by atoms with Crippen LogP contribution in [0.4, 0.5) is 0 Å². The molecule has 2 rings (SSSR count). The van der Waals surface area contributed by atoms with E-state index in [0.717, 1.165) is 4.88 Å². The van der Waals surface area contributed by atoms with E-state index in [1.54, 1.807) is 36.6 Å². The van der Waals surface area contributed by atoms with E-state index in [2.05, 4.69) is 0 Å². The van der Waals surface area contributed by atoms with E-state index in [0.29, 0.717) is 11.3 Å². The molecule has 3 nitrogen and oxygen atoms in total. The van der Waals surface area contributed by atoms with Gasteiger partial charge in [-0.15, -0.1) is 23.7 Å². The lowest BCUT2D eigenvalue weighted by Gasteiger charge is -2.12. The van der Waals surface area contributed by atoms with Crippen LogP contribution in [-0.2, 0) is 0 Å². The maximum absolute atomic E-state index is 9.84. The standard InChI is InChI=1S/C12H13NO2S.ClH/c1-15-8-4-5-9(10(14)7-8)12(13)11-3-2-6-16-11;/h2-7,12,14H,13H2,1H3;1H/t12-;/m0./s1. The van der Waals surface area contributed by atoms with E-state index >= 15 is 0 Å². The number of phenolic OH excluding ortho intramolecular Hbond substituents is 1. The highest BCUT2D eigenvalue weighted by Gasteiger charge is 2.14. The fraction of sp³-hybridized carbons (Fsp3) is 0.167. The van der Waals surface area contributed by atoms with Crippen LogP contribution in [0.15, 0.2) is 35.7 Å². The topological polar surface area (TPSA) is 55.5 Å². The van der Waals surface area contributed by atoms with Crippen molar-refractivity contribution in [3.63, 3.8) is 0 Å². The van der Waals surface area contributed by atoms with Crippen LogP contribution in [-0.4, -0.2) is 12.2 Å². The van der Waals surface area contributed by atoms with Crippen molar-refractivity contribution in [3.05, 3.63) is 46.2 Å². The van der Waals surface area contributed by atoms with Gasteiger partial charge in [-0.2, -0.15) is 0 Å². The molecular weight excluding hydrogens is 258 g/mol. The molecule has 0 saturated carbocycles. The summed E-state index contributed by atoms with van der Waals surface area (Å²) in [5, 5.41) is 11.8. The summed E-state index contributed by atoms with van der Waals surface area (Å²) in [5.74, 6) is 0.792. The summed E-state index contributed by atoms with van der Waals surface area (Å²) < 4.78 is 5.02. The molecule has 0 unspecified atom stereocenters. The predicted molar refractivity (Wildman–Crippen MR) is 72.3 cm³/mol. The minimum absolute atomic E-state index is 0. The van der Waals surface area contributed by atoms with Crippen LogP contribution in [0, 0.1) is 0 Å². The number of benzene rings is 1. The average Bonchev–Trinajstić information content (AvgIpc) is 2.81. The summed E-state index contributed by atoms with van der Waals surface area (Å²) in [7, 11) is 1.56. The van der Waals surface area contributed by atoms with Gasteiger partial charge in [0.05, 0.1) is 13.2 Å². The summed E-state index contributed by atoms with van der Waals surface area (Å²) in [4.78, 5) is 1.03. The Balaban J connectivity index is 0.00000144. The van der Waals surface area contributed by atoms with Gasteiger partial charge in [0.15, 0.2) is 0 Å². The van der Waals surface area contributed by atoms with Gasteiger partial charge in [0, 0.05) is 16.5 Å². The number of methoxy groups -OCH3 is 1. The van der Waals surface area contributed by atoms with Gasteiger partial charge in [-0.3, -0.25) is 0 Å². The second-order valence-corrected chi connectivity index (χ2v) is 4.40. The number of phenols is 1. The quantitative estimate of drug-likeness (QED) is 0.902. The molecule has 0 aliphatic heterocycles. The molecule has 17 heavy (non-hydrogen) atoms. The number of hydrogen-bond donors (Lipinski definition) is 2. The molecule has 0 bridgehead atoms. The van der Waals surface area contributed by atoms with E-state index in [4.69, 9.17) is 10.5 Å². The highest BCUT2D eigenvalue weighted by atomic mass is 35.5. The van der Waals surface area contributed by atoms with Gasteiger partial charge in [-0.05, 0) is 23.6 Å². The van der Waals surface area contributed by atoms with Crippen molar-refractivity contribution in [2.24, 2.45) is 5.73 Å². The first kappa shape index (κ1) is 13.8. The van der Waals surface area contributed by atoms with E-state index in [1.807, 2.05) is 17.5 Å². The summed E-state index contributed by atoms with van der Waals surface area (Å²) >= 11 is 1.58. The zero-order valence-electron chi connectivity index (χ0n) is 9.29. The first-order chi connectivity index (χ1) is 7.72. The third-order valence-electron chi connectivity index (χ3n) is 2.42. The lowest BCUT2D eigenvalue weighted by atomic mass is 10.0. The van der Waals surface area contributed by atoms with Crippen LogP contribution in [0.5, 0.6) is 11.5 Å². The van der Waals surface area contributed by atoms with Gasteiger partial charge in [0.1, 0.15) is 11.5 Å². The molecule has 5 heteroatoms. The molecule has 2 aromatic rings. The largest absolute Gasteiger partial charge is 0.507 e. The molecule has 0 radical (unpaired) electrons. The van der Waals surface area contributed by atoms with Crippen LogP contribution >= 0.6 is 23.7 Å². The Kier molecular flexibility index (Phi) is 4.81. The Hall–Kier alpha value is -1.23. The smallest absolute Gasteiger partial charge is 0.124 e. The van der Waals surface area contributed by atoms with E-state index < -0.39 is 0 Å². The molecule has 1 atom stereocenters. The van der Waals surface area contributed by atoms with Gasteiger partial charge < -0.3 is 15.6 Å². The number of aromatic hydroxyl groups is 1. The zero-order chi connectivity index (χ0) is 11.5. The molecule has 1 aromatic heterocycles. The average molecular weight is 272 g/mol. The third kappa shape index (κ3) is 2.91. The van der Waals surface area contributed by atoms with Gasteiger partial charge in [-0.1, -0.05) is 6.07 Å². The second-order valence-electron chi connectivity index (χ2n) is 3.42. The van der Waals surface area contributed by atoms with E-state index in [1.165, 1.54) is 0 Å². The van der Waals surface area contributed by atoms with Crippen LogP contribution in [0.2, 0.25) is 0 Å². The van der Waals surface area contributed by atoms with Gasteiger partial charge in [-0.25, -0.2) is 0 Å². The number of hydrogen-bond acceptors (Lipinski definition) is 4. The first-order valence-corrected chi connectivity index (χ1v) is 5.76. The number of rotatable bonds is 3. The molecular formula is C12H14ClNO2S. The highest BCUT2D eigenvalue weighted by molar-refractivity contribution is 7.10. The molecule has 1 aromatic carbocycles. The molecule has 0 fully saturated rings. The molecule has 3 N–H and O–H groups in total.